The van der Waals surface area contributed by atoms with E-state index >= 15 is 0 Å². The van der Waals surface area contributed by atoms with E-state index in [-0.39, 0.29) is 5.57 Å². The molecule has 0 spiro atoms. The summed E-state index contributed by atoms with van der Waals surface area (Å²) in [5.74, 6) is -0.423. The van der Waals surface area contributed by atoms with Crippen molar-refractivity contribution in [2.24, 2.45) is 0 Å². The van der Waals surface area contributed by atoms with Gasteiger partial charge in [0, 0.05) is 28.6 Å². The van der Waals surface area contributed by atoms with Gasteiger partial charge >= 0.3 is 0 Å². The number of rotatable bonds is 5. The van der Waals surface area contributed by atoms with Gasteiger partial charge in [-0.2, -0.15) is 5.26 Å². The topological polar surface area (TPSA) is 57.8 Å². The Kier molecular flexibility index (Phi) is 6.06. The molecule has 1 amide bonds. The van der Waals surface area contributed by atoms with E-state index in [4.69, 9.17) is 11.6 Å². The first-order valence-electron chi connectivity index (χ1n) is 8.23. The molecule has 1 N–H and O–H groups in total. The van der Waals surface area contributed by atoms with Crippen molar-refractivity contribution in [3.05, 3.63) is 57.4 Å². The Morgan fingerprint density at radius 1 is 1.32 bits per heavy atom. The highest BCUT2D eigenvalue weighted by Crippen LogP contribution is 2.22. The van der Waals surface area contributed by atoms with Gasteiger partial charge in [0.05, 0.1) is 0 Å². The van der Waals surface area contributed by atoms with Crippen LogP contribution >= 0.6 is 11.6 Å². The first-order chi connectivity index (χ1) is 11.9. The zero-order valence-electron chi connectivity index (χ0n) is 15.0. The SMILES string of the molecule is CCCn1c(C)cc(/C=C(\C#N)C(=O)Nc2ccc(Cl)cc2C)c1C. The molecule has 0 unspecified atom stereocenters. The number of anilines is 1. The standard InChI is InChI=1S/C20H22ClN3O/c1-5-8-24-14(3)10-16(15(24)4)11-17(12-22)20(25)23-19-7-6-18(21)9-13(19)2/h6-7,9-11H,5,8H2,1-4H3,(H,23,25)/b17-11+. The van der Waals surface area contributed by atoms with Crippen molar-refractivity contribution in [2.45, 2.75) is 40.7 Å². The molecule has 25 heavy (non-hydrogen) atoms. The minimum absolute atomic E-state index is 0.0751. The maximum atomic E-state index is 12.5. The fourth-order valence-electron chi connectivity index (χ4n) is 2.80. The predicted molar refractivity (Wildman–Crippen MR) is 103 cm³/mol. The van der Waals surface area contributed by atoms with Gasteiger partial charge in [-0.1, -0.05) is 18.5 Å². The number of nitrogens with zero attached hydrogens (tertiary/aromatic N) is 2. The lowest BCUT2D eigenvalue weighted by Gasteiger charge is -2.08. The summed E-state index contributed by atoms with van der Waals surface area (Å²) in [6.45, 7) is 8.93. The summed E-state index contributed by atoms with van der Waals surface area (Å²) in [5, 5.41) is 12.8. The molecule has 1 heterocycles. The predicted octanol–water partition coefficient (Wildman–Crippen LogP) is 5.02. The second-order valence-corrected chi connectivity index (χ2v) is 6.50. The molecular weight excluding hydrogens is 334 g/mol. The maximum absolute atomic E-state index is 12.5. The Balaban J connectivity index is 2.30. The third-order valence-electron chi connectivity index (χ3n) is 4.16. The van der Waals surface area contributed by atoms with E-state index in [0.29, 0.717) is 10.7 Å². The van der Waals surface area contributed by atoms with Crippen molar-refractivity contribution in [3.8, 4) is 6.07 Å². The second-order valence-electron chi connectivity index (χ2n) is 6.06. The zero-order valence-corrected chi connectivity index (χ0v) is 15.7. The molecule has 130 valence electrons. The summed E-state index contributed by atoms with van der Waals surface area (Å²) < 4.78 is 2.20. The van der Waals surface area contributed by atoms with Crippen LogP contribution in [0.3, 0.4) is 0 Å². The smallest absolute Gasteiger partial charge is 0.266 e. The van der Waals surface area contributed by atoms with Gasteiger partial charge in [0.15, 0.2) is 0 Å². The summed E-state index contributed by atoms with van der Waals surface area (Å²) in [6, 6.07) is 9.22. The van der Waals surface area contributed by atoms with Gasteiger partial charge in [-0.15, -0.1) is 0 Å². The minimum atomic E-state index is -0.423. The van der Waals surface area contributed by atoms with Crippen molar-refractivity contribution in [1.82, 2.24) is 4.57 Å². The number of nitrogens with one attached hydrogen (secondary N) is 1. The lowest BCUT2D eigenvalue weighted by molar-refractivity contribution is -0.112. The average molecular weight is 356 g/mol. The van der Waals surface area contributed by atoms with Crippen LogP contribution in [-0.4, -0.2) is 10.5 Å². The van der Waals surface area contributed by atoms with Crippen molar-refractivity contribution < 1.29 is 4.79 Å². The van der Waals surface area contributed by atoms with E-state index in [1.165, 1.54) is 0 Å². The number of aryl methyl sites for hydroxylation is 2. The fraction of sp³-hybridized carbons (Fsp3) is 0.300. The maximum Gasteiger partial charge on any atom is 0.266 e. The first kappa shape index (κ1) is 18.8. The van der Waals surface area contributed by atoms with Crippen LogP contribution in [0, 0.1) is 32.1 Å². The van der Waals surface area contributed by atoms with Gasteiger partial charge in [0.1, 0.15) is 11.6 Å². The Morgan fingerprint density at radius 2 is 2.04 bits per heavy atom. The number of carbonyl (C=O) groups excluding carboxylic acids is 1. The highest BCUT2D eigenvalue weighted by molar-refractivity contribution is 6.30. The van der Waals surface area contributed by atoms with Crippen LogP contribution in [-0.2, 0) is 11.3 Å². The number of amides is 1. The fourth-order valence-corrected chi connectivity index (χ4v) is 3.03. The van der Waals surface area contributed by atoms with E-state index in [1.807, 2.05) is 32.9 Å². The number of hydrogen-bond donors (Lipinski definition) is 1. The van der Waals surface area contributed by atoms with Crippen molar-refractivity contribution in [2.75, 3.05) is 5.32 Å². The Morgan fingerprint density at radius 3 is 2.64 bits per heavy atom. The van der Waals surface area contributed by atoms with Gasteiger partial charge in [-0.05, 0) is 68.7 Å². The van der Waals surface area contributed by atoms with Gasteiger partial charge in [-0.3, -0.25) is 4.79 Å². The molecule has 4 nitrogen and oxygen atoms in total. The number of nitriles is 1. The van der Waals surface area contributed by atoms with Crippen molar-refractivity contribution >= 4 is 29.3 Å². The Labute approximate surface area is 153 Å². The van der Waals surface area contributed by atoms with Crippen molar-refractivity contribution in [1.29, 1.82) is 5.26 Å². The normalized spacial score (nSPS) is 11.3. The molecule has 0 bridgehead atoms. The largest absolute Gasteiger partial charge is 0.349 e. The van der Waals surface area contributed by atoms with Crippen LogP contribution in [0.1, 0.15) is 35.9 Å². The van der Waals surface area contributed by atoms with Gasteiger partial charge in [0.25, 0.3) is 5.91 Å². The Hall–Kier alpha value is -2.51. The Bertz CT molecular complexity index is 872. The molecule has 0 aliphatic carbocycles. The molecule has 0 saturated heterocycles. The highest BCUT2D eigenvalue weighted by Gasteiger charge is 2.13. The summed E-state index contributed by atoms with van der Waals surface area (Å²) in [5.41, 5.74) is 4.64. The van der Waals surface area contributed by atoms with E-state index in [0.717, 1.165) is 35.5 Å². The van der Waals surface area contributed by atoms with E-state index in [1.54, 1.807) is 24.3 Å². The van der Waals surface area contributed by atoms with E-state index in [2.05, 4.69) is 16.8 Å². The molecule has 0 radical (unpaired) electrons. The summed E-state index contributed by atoms with van der Waals surface area (Å²) in [4.78, 5) is 12.5. The molecule has 0 fully saturated rings. The summed E-state index contributed by atoms with van der Waals surface area (Å²) in [7, 11) is 0. The highest BCUT2D eigenvalue weighted by atomic mass is 35.5. The van der Waals surface area contributed by atoms with Crippen LogP contribution in [0.15, 0.2) is 29.8 Å². The van der Waals surface area contributed by atoms with Gasteiger partial charge in [0.2, 0.25) is 0 Å². The number of carbonyl (C=O) groups is 1. The minimum Gasteiger partial charge on any atom is -0.349 e. The van der Waals surface area contributed by atoms with E-state index < -0.39 is 5.91 Å². The van der Waals surface area contributed by atoms with Gasteiger partial charge < -0.3 is 9.88 Å². The number of aromatic nitrogens is 1. The number of halogens is 1. The first-order valence-corrected chi connectivity index (χ1v) is 8.61. The summed E-state index contributed by atoms with van der Waals surface area (Å²) in [6.07, 6.45) is 2.68. The lowest BCUT2D eigenvalue weighted by atomic mass is 10.1. The molecule has 0 aliphatic rings. The van der Waals surface area contributed by atoms with E-state index in [9.17, 15) is 10.1 Å². The molecule has 0 aliphatic heterocycles. The third-order valence-corrected chi connectivity index (χ3v) is 4.40. The third kappa shape index (κ3) is 4.32. The van der Waals surface area contributed by atoms with Crippen LogP contribution in [0.25, 0.3) is 6.08 Å². The zero-order chi connectivity index (χ0) is 18.6. The van der Waals surface area contributed by atoms with Gasteiger partial charge in [-0.25, -0.2) is 0 Å². The molecule has 5 heteroatoms. The molecule has 1 aromatic heterocycles. The van der Waals surface area contributed by atoms with Crippen LogP contribution < -0.4 is 5.32 Å². The van der Waals surface area contributed by atoms with Crippen LogP contribution in [0.5, 0.6) is 0 Å². The monoisotopic (exact) mass is 355 g/mol. The quantitative estimate of drug-likeness (QED) is 0.604. The van der Waals surface area contributed by atoms with Crippen LogP contribution in [0.4, 0.5) is 5.69 Å². The molecule has 0 saturated carbocycles. The number of benzene rings is 1. The lowest BCUT2D eigenvalue weighted by Crippen LogP contribution is -2.14. The molecule has 2 aromatic rings. The molecule has 1 aromatic carbocycles. The molecule has 2 rings (SSSR count). The average Bonchev–Trinajstić information content (AvgIpc) is 2.83. The van der Waals surface area contributed by atoms with Crippen molar-refractivity contribution in [3.63, 3.8) is 0 Å². The molecule has 0 atom stereocenters. The second kappa shape index (κ2) is 8.04. The summed E-state index contributed by atoms with van der Waals surface area (Å²) >= 11 is 5.93. The molecular formula is C20H22ClN3O. The van der Waals surface area contributed by atoms with Crippen LogP contribution in [0.2, 0.25) is 5.02 Å². The number of hydrogen-bond acceptors (Lipinski definition) is 2.